The molecule has 0 bridgehead atoms. The van der Waals surface area contributed by atoms with Crippen molar-refractivity contribution >= 4 is 0 Å². The van der Waals surface area contributed by atoms with Gasteiger partial charge >= 0.3 is 0 Å². The Morgan fingerprint density at radius 3 is 2.59 bits per heavy atom. The van der Waals surface area contributed by atoms with Crippen molar-refractivity contribution in [3.05, 3.63) is 35.1 Å². The smallest absolute Gasteiger partial charge is 0.129 e. The van der Waals surface area contributed by atoms with Crippen molar-refractivity contribution in [3.8, 4) is 0 Å². The van der Waals surface area contributed by atoms with Crippen LogP contribution in [0.25, 0.3) is 0 Å². The quantitative estimate of drug-likeness (QED) is 0.710. The molecule has 0 aliphatic rings. The van der Waals surface area contributed by atoms with Gasteiger partial charge in [0.05, 0.1) is 19.8 Å². The molecular formula is C13H20FNO2. The Morgan fingerprint density at radius 2 is 1.94 bits per heavy atom. The van der Waals surface area contributed by atoms with Crippen LogP contribution in [0.5, 0.6) is 0 Å². The van der Waals surface area contributed by atoms with Crippen LogP contribution in [0.4, 0.5) is 4.39 Å². The third kappa shape index (κ3) is 5.26. The van der Waals surface area contributed by atoms with E-state index in [1.54, 1.807) is 6.07 Å². The molecule has 1 aromatic carbocycles. The second kappa shape index (κ2) is 8.17. The molecule has 4 heteroatoms. The molecule has 0 saturated heterocycles. The van der Waals surface area contributed by atoms with Crippen LogP contribution < -0.4 is 5.73 Å². The van der Waals surface area contributed by atoms with E-state index in [1.807, 2.05) is 6.07 Å². The summed E-state index contributed by atoms with van der Waals surface area (Å²) in [5, 5.41) is 0. The fourth-order valence-corrected chi connectivity index (χ4v) is 1.38. The van der Waals surface area contributed by atoms with Gasteiger partial charge < -0.3 is 15.2 Å². The van der Waals surface area contributed by atoms with Crippen molar-refractivity contribution in [3.63, 3.8) is 0 Å². The van der Waals surface area contributed by atoms with Crippen LogP contribution >= 0.6 is 0 Å². The van der Waals surface area contributed by atoms with Crippen LogP contribution in [-0.2, 0) is 22.6 Å². The van der Waals surface area contributed by atoms with Gasteiger partial charge in [-0.3, -0.25) is 0 Å². The molecule has 1 rings (SSSR count). The summed E-state index contributed by atoms with van der Waals surface area (Å²) in [6, 6.07) is 4.98. The number of hydrogen-bond acceptors (Lipinski definition) is 3. The summed E-state index contributed by atoms with van der Waals surface area (Å²) < 4.78 is 24.1. The molecule has 0 atom stereocenters. The minimum atomic E-state index is -0.262. The normalized spacial score (nSPS) is 10.8. The molecule has 0 aromatic heterocycles. The van der Waals surface area contributed by atoms with Crippen LogP contribution in [0.1, 0.15) is 24.5 Å². The first-order valence-electron chi connectivity index (χ1n) is 5.90. The lowest BCUT2D eigenvalue weighted by molar-refractivity contribution is 0.0399. The highest BCUT2D eigenvalue weighted by atomic mass is 19.1. The Labute approximate surface area is 102 Å². The predicted octanol–water partition coefficient (Wildman–Crippen LogP) is 2.23. The first kappa shape index (κ1) is 14.1. The minimum absolute atomic E-state index is 0.262. The average molecular weight is 241 g/mol. The summed E-state index contributed by atoms with van der Waals surface area (Å²) in [5.41, 5.74) is 6.77. The molecule has 0 radical (unpaired) electrons. The van der Waals surface area contributed by atoms with E-state index in [2.05, 4.69) is 6.92 Å². The molecule has 0 fully saturated rings. The molecule has 96 valence electrons. The van der Waals surface area contributed by atoms with Crippen molar-refractivity contribution < 1.29 is 13.9 Å². The number of nitrogens with two attached hydrogens (primary N) is 1. The van der Waals surface area contributed by atoms with E-state index in [4.69, 9.17) is 15.2 Å². The number of hydrogen-bond donors (Lipinski definition) is 1. The van der Waals surface area contributed by atoms with Gasteiger partial charge in [-0.1, -0.05) is 19.1 Å². The van der Waals surface area contributed by atoms with Crippen LogP contribution in [0.3, 0.4) is 0 Å². The van der Waals surface area contributed by atoms with Crippen molar-refractivity contribution in [1.29, 1.82) is 0 Å². The Hall–Kier alpha value is -0.970. The molecule has 0 aliphatic heterocycles. The lowest BCUT2D eigenvalue weighted by atomic mass is 10.1. The van der Waals surface area contributed by atoms with Crippen LogP contribution in [0, 0.1) is 5.82 Å². The summed E-state index contributed by atoms with van der Waals surface area (Å²) in [6.07, 6.45) is 0.995. The van der Waals surface area contributed by atoms with Gasteiger partial charge in [0, 0.05) is 18.7 Å². The Balaban J connectivity index is 2.27. The zero-order chi connectivity index (χ0) is 12.5. The third-order valence-corrected chi connectivity index (χ3v) is 2.33. The summed E-state index contributed by atoms with van der Waals surface area (Å²) in [7, 11) is 0. The fourth-order valence-electron chi connectivity index (χ4n) is 1.38. The van der Waals surface area contributed by atoms with E-state index in [9.17, 15) is 4.39 Å². The van der Waals surface area contributed by atoms with Crippen LogP contribution in [-0.4, -0.2) is 19.8 Å². The van der Waals surface area contributed by atoms with Gasteiger partial charge in [-0.2, -0.15) is 0 Å². The number of ether oxygens (including phenoxy) is 2. The van der Waals surface area contributed by atoms with Crippen LogP contribution in [0.2, 0.25) is 0 Å². The lowest BCUT2D eigenvalue weighted by Gasteiger charge is -2.07. The Bertz CT molecular complexity index is 331. The molecule has 17 heavy (non-hydrogen) atoms. The monoisotopic (exact) mass is 241 g/mol. The minimum Gasteiger partial charge on any atom is -0.379 e. The highest BCUT2D eigenvalue weighted by molar-refractivity contribution is 5.23. The van der Waals surface area contributed by atoms with Gasteiger partial charge in [0.15, 0.2) is 0 Å². The first-order chi connectivity index (χ1) is 8.27. The molecule has 0 spiro atoms. The molecule has 2 N–H and O–H groups in total. The summed E-state index contributed by atoms with van der Waals surface area (Å²) >= 11 is 0. The highest BCUT2D eigenvalue weighted by Gasteiger charge is 2.03. The molecule has 0 unspecified atom stereocenters. The highest BCUT2D eigenvalue weighted by Crippen LogP contribution is 2.11. The Morgan fingerprint density at radius 1 is 1.18 bits per heavy atom. The SMILES string of the molecule is CCCOCCOCc1ccc(CN)cc1F. The van der Waals surface area contributed by atoms with E-state index in [-0.39, 0.29) is 12.4 Å². The second-order valence-electron chi connectivity index (χ2n) is 3.79. The summed E-state index contributed by atoms with van der Waals surface area (Å²) in [6.45, 7) is 4.45. The summed E-state index contributed by atoms with van der Waals surface area (Å²) in [4.78, 5) is 0. The van der Waals surface area contributed by atoms with Gasteiger partial charge in [-0.05, 0) is 18.1 Å². The van der Waals surface area contributed by atoms with Crippen molar-refractivity contribution in [2.75, 3.05) is 19.8 Å². The van der Waals surface area contributed by atoms with Crippen LogP contribution in [0.15, 0.2) is 18.2 Å². The van der Waals surface area contributed by atoms with Gasteiger partial charge in [-0.25, -0.2) is 4.39 Å². The lowest BCUT2D eigenvalue weighted by Crippen LogP contribution is -2.06. The average Bonchev–Trinajstić information content (AvgIpc) is 2.35. The first-order valence-corrected chi connectivity index (χ1v) is 5.90. The van der Waals surface area contributed by atoms with E-state index in [0.29, 0.717) is 25.3 Å². The largest absolute Gasteiger partial charge is 0.379 e. The molecule has 0 saturated carbocycles. The zero-order valence-electron chi connectivity index (χ0n) is 10.2. The van der Waals surface area contributed by atoms with Gasteiger partial charge in [0.25, 0.3) is 0 Å². The number of benzene rings is 1. The van der Waals surface area contributed by atoms with E-state index in [1.165, 1.54) is 6.07 Å². The maximum atomic E-state index is 13.5. The maximum Gasteiger partial charge on any atom is 0.129 e. The molecule has 1 aromatic rings. The molecular weight excluding hydrogens is 221 g/mol. The third-order valence-electron chi connectivity index (χ3n) is 2.33. The van der Waals surface area contributed by atoms with Gasteiger partial charge in [0.2, 0.25) is 0 Å². The molecule has 0 aliphatic carbocycles. The second-order valence-corrected chi connectivity index (χ2v) is 3.79. The topological polar surface area (TPSA) is 44.5 Å². The van der Waals surface area contributed by atoms with Crippen molar-refractivity contribution in [2.45, 2.75) is 26.5 Å². The standard InChI is InChI=1S/C13H20FNO2/c1-2-5-16-6-7-17-10-12-4-3-11(9-15)8-13(12)14/h3-4,8H,2,5-7,9-10,15H2,1H3. The fraction of sp³-hybridized carbons (Fsp3) is 0.538. The maximum absolute atomic E-state index is 13.5. The van der Waals surface area contributed by atoms with E-state index < -0.39 is 0 Å². The van der Waals surface area contributed by atoms with Crippen molar-refractivity contribution in [1.82, 2.24) is 0 Å². The molecule has 0 heterocycles. The number of rotatable bonds is 8. The summed E-state index contributed by atoms with van der Waals surface area (Å²) in [5.74, 6) is -0.262. The molecule has 0 amide bonds. The molecule has 3 nitrogen and oxygen atoms in total. The zero-order valence-corrected chi connectivity index (χ0v) is 10.2. The van der Waals surface area contributed by atoms with Gasteiger partial charge in [-0.15, -0.1) is 0 Å². The van der Waals surface area contributed by atoms with E-state index >= 15 is 0 Å². The predicted molar refractivity (Wildman–Crippen MR) is 65.1 cm³/mol. The van der Waals surface area contributed by atoms with E-state index in [0.717, 1.165) is 18.6 Å². The van der Waals surface area contributed by atoms with Crippen molar-refractivity contribution in [2.24, 2.45) is 5.73 Å². The number of halogens is 1. The Kier molecular flexibility index (Phi) is 6.77. The van der Waals surface area contributed by atoms with Gasteiger partial charge in [0.1, 0.15) is 5.82 Å².